The lowest BCUT2D eigenvalue weighted by Crippen LogP contribution is -2.37. The van der Waals surface area contributed by atoms with Gasteiger partial charge in [-0.05, 0) is 52.3 Å². The summed E-state index contributed by atoms with van der Waals surface area (Å²) in [5, 5.41) is 3.48. The van der Waals surface area contributed by atoms with Crippen molar-refractivity contribution in [2.75, 3.05) is 7.05 Å². The van der Waals surface area contributed by atoms with Gasteiger partial charge < -0.3 is 16.0 Å². The van der Waals surface area contributed by atoms with Crippen molar-refractivity contribution in [1.29, 1.82) is 0 Å². The van der Waals surface area contributed by atoms with E-state index in [4.69, 9.17) is 10.7 Å². The molecule has 196 valence electrons. The van der Waals surface area contributed by atoms with Crippen LogP contribution in [0.5, 0.6) is 0 Å². The van der Waals surface area contributed by atoms with Gasteiger partial charge in [0.1, 0.15) is 0 Å². The van der Waals surface area contributed by atoms with Crippen LogP contribution in [0.4, 0.5) is 0 Å². The highest BCUT2D eigenvalue weighted by Gasteiger charge is 2.43. The predicted molar refractivity (Wildman–Crippen MR) is 163 cm³/mol. The number of hydrogen-bond acceptors (Lipinski definition) is 3. The Morgan fingerprint density at radius 3 is 1.97 bits per heavy atom. The van der Waals surface area contributed by atoms with Gasteiger partial charge in [0, 0.05) is 31.5 Å². The molecule has 1 aliphatic rings. The third-order valence-electron chi connectivity index (χ3n) is 7.25. The molecule has 0 radical (unpaired) electrons. The summed E-state index contributed by atoms with van der Waals surface area (Å²) in [6.45, 7) is 5.79. The van der Waals surface area contributed by atoms with Crippen molar-refractivity contribution < 1.29 is 0 Å². The second-order valence-electron chi connectivity index (χ2n) is 10.0. The van der Waals surface area contributed by atoms with Crippen LogP contribution in [0.15, 0.2) is 138 Å². The highest BCUT2D eigenvalue weighted by Crippen LogP contribution is 2.48. The molecule has 0 amide bonds. The quantitative estimate of drug-likeness (QED) is 0.171. The number of likely N-dealkylation sites (N-methyl/N-ethyl adjacent to an activating group) is 1. The number of nitrogens with two attached hydrogens (primary N) is 1. The van der Waals surface area contributed by atoms with E-state index in [9.17, 15) is 0 Å². The molecule has 0 bridgehead atoms. The summed E-state index contributed by atoms with van der Waals surface area (Å²) in [4.78, 5) is 7.40. The van der Waals surface area contributed by atoms with Crippen LogP contribution in [0.2, 0.25) is 0 Å². The van der Waals surface area contributed by atoms with Gasteiger partial charge in [-0.1, -0.05) is 116 Å². The highest BCUT2D eigenvalue weighted by atomic mass is 15.2. The summed E-state index contributed by atoms with van der Waals surface area (Å²) >= 11 is 0. The standard InChI is InChI=1S/C35H36N4/c1-27(37-24-28-13-6-3-7-14-28)31-16-12-15-29(23-31)25-39(2)34(30-21-22-30)35(38-26-36,32-17-8-4-9-18-32)33-19-10-5-11-20-33/h3-20,23,26,37H,1,21-22,24-25H2,2H3,(H2,36,38). The van der Waals surface area contributed by atoms with Gasteiger partial charge in [-0.15, -0.1) is 0 Å². The van der Waals surface area contributed by atoms with Gasteiger partial charge >= 0.3 is 0 Å². The molecule has 1 aliphatic carbocycles. The average Bonchev–Trinajstić information content (AvgIpc) is 3.82. The molecule has 4 aromatic carbocycles. The van der Waals surface area contributed by atoms with E-state index in [2.05, 4.69) is 121 Å². The molecule has 0 unspecified atom stereocenters. The average molecular weight is 513 g/mol. The van der Waals surface area contributed by atoms with Crippen LogP contribution < -0.4 is 11.1 Å². The molecule has 4 aromatic rings. The van der Waals surface area contributed by atoms with Gasteiger partial charge in [-0.3, -0.25) is 4.99 Å². The second kappa shape index (κ2) is 11.9. The van der Waals surface area contributed by atoms with E-state index >= 15 is 0 Å². The third-order valence-corrected chi connectivity index (χ3v) is 7.25. The molecule has 1 saturated carbocycles. The summed E-state index contributed by atoms with van der Waals surface area (Å²) in [6.07, 6.45) is 3.60. The lowest BCUT2D eigenvalue weighted by atomic mass is 9.79. The maximum absolute atomic E-state index is 6.07. The first-order chi connectivity index (χ1) is 19.1. The van der Waals surface area contributed by atoms with Crippen molar-refractivity contribution >= 4 is 12.0 Å². The minimum absolute atomic E-state index is 0.726. The van der Waals surface area contributed by atoms with E-state index < -0.39 is 5.54 Å². The molecule has 4 heteroatoms. The molecule has 0 heterocycles. The maximum Gasteiger partial charge on any atom is 0.152 e. The lowest BCUT2D eigenvalue weighted by Gasteiger charge is -2.39. The summed E-state index contributed by atoms with van der Waals surface area (Å²) in [6, 6.07) is 40.0. The molecular weight excluding hydrogens is 476 g/mol. The van der Waals surface area contributed by atoms with E-state index in [-0.39, 0.29) is 0 Å². The molecule has 0 spiro atoms. The number of aliphatic imine (C=N–C) groups is 1. The minimum Gasteiger partial charge on any atom is -0.390 e. The fourth-order valence-corrected chi connectivity index (χ4v) is 5.34. The van der Waals surface area contributed by atoms with E-state index in [0.29, 0.717) is 0 Å². The first-order valence-corrected chi connectivity index (χ1v) is 13.5. The predicted octanol–water partition coefficient (Wildman–Crippen LogP) is 6.86. The zero-order valence-electron chi connectivity index (χ0n) is 22.6. The van der Waals surface area contributed by atoms with Crippen molar-refractivity contribution in [2.45, 2.75) is 31.5 Å². The Kier molecular flexibility index (Phi) is 7.93. The van der Waals surface area contributed by atoms with Crippen molar-refractivity contribution in [1.82, 2.24) is 10.2 Å². The largest absolute Gasteiger partial charge is 0.390 e. The smallest absolute Gasteiger partial charge is 0.152 e. The van der Waals surface area contributed by atoms with Crippen molar-refractivity contribution in [3.05, 3.63) is 161 Å². The number of hydrogen-bond donors (Lipinski definition) is 2. The molecule has 0 atom stereocenters. The summed E-state index contributed by atoms with van der Waals surface area (Å²) in [7, 11) is 2.17. The molecular formula is C35H36N4. The van der Waals surface area contributed by atoms with Gasteiger partial charge in [0.25, 0.3) is 0 Å². The SMILES string of the molecule is C=C(NCc1ccccc1)c1cccc(CN(C)C(=C2CC2)C(N=CN)(c2ccccc2)c2ccccc2)c1. The number of nitrogens with zero attached hydrogens (tertiary/aromatic N) is 2. The highest BCUT2D eigenvalue weighted by molar-refractivity contribution is 5.63. The molecule has 4 nitrogen and oxygen atoms in total. The van der Waals surface area contributed by atoms with Crippen LogP contribution >= 0.6 is 0 Å². The van der Waals surface area contributed by atoms with Gasteiger partial charge in [0.15, 0.2) is 5.54 Å². The molecule has 0 saturated heterocycles. The Labute approximate surface area is 232 Å². The van der Waals surface area contributed by atoms with E-state index in [1.807, 2.05) is 18.2 Å². The van der Waals surface area contributed by atoms with Crippen LogP contribution in [0.1, 0.15) is 40.7 Å². The molecule has 39 heavy (non-hydrogen) atoms. The molecule has 0 aliphatic heterocycles. The Bertz CT molecular complexity index is 1410. The Morgan fingerprint density at radius 1 is 0.846 bits per heavy atom. The van der Waals surface area contributed by atoms with Crippen LogP contribution in [0.25, 0.3) is 5.70 Å². The van der Waals surface area contributed by atoms with Crippen LogP contribution in [0.3, 0.4) is 0 Å². The van der Waals surface area contributed by atoms with Crippen molar-refractivity contribution in [2.24, 2.45) is 10.7 Å². The molecule has 1 fully saturated rings. The fraction of sp³-hybridized carbons (Fsp3) is 0.171. The maximum atomic E-state index is 6.07. The fourth-order valence-electron chi connectivity index (χ4n) is 5.34. The molecule has 0 aromatic heterocycles. The van der Waals surface area contributed by atoms with Gasteiger partial charge in [-0.2, -0.15) is 0 Å². The molecule has 3 N–H and O–H groups in total. The normalized spacial score (nSPS) is 12.8. The zero-order chi connectivity index (χ0) is 27.1. The third kappa shape index (κ3) is 5.80. The summed E-state index contributed by atoms with van der Waals surface area (Å²) in [5.74, 6) is 0. The van der Waals surface area contributed by atoms with Gasteiger partial charge in [0.05, 0.1) is 6.34 Å². The van der Waals surface area contributed by atoms with Crippen molar-refractivity contribution in [3.63, 3.8) is 0 Å². The van der Waals surface area contributed by atoms with Crippen LogP contribution in [-0.2, 0) is 18.6 Å². The van der Waals surface area contributed by atoms with Crippen LogP contribution in [-0.4, -0.2) is 18.3 Å². The van der Waals surface area contributed by atoms with Gasteiger partial charge in [-0.25, -0.2) is 0 Å². The second-order valence-corrected chi connectivity index (χ2v) is 10.0. The van der Waals surface area contributed by atoms with E-state index in [0.717, 1.165) is 48.3 Å². The topological polar surface area (TPSA) is 53.6 Å². The number of rotatable bonds is 11. The first-order valence-electron chi connectivity index (χ1n) is 13.5. The summed E-state index contributed by atoms with van der Waals surface area (Å²) in [5.41, 5.74) is 14.6. The number of benzene rings is 4. The van der Waals surface area contributed by atoms with E-state index in [1.165, 1.54) is 28.7 Å². The summed E-state index contributed by atoms with van der Waals surface area (Å²) < 4.78 is 0. The molecule has 5 rings (SSSR count). The van der Waals surface area contributed by atoms with Crippen molar-refractivity contribution in [3.8, 4) is 0 Å². The van der Waals surface area contributed by atoms with E-state index in [1.54, 1.807) is 0 Å². The lowest BCUT2D eigenvalue weighted by molar-refractivity contribution is 0.346. The van der Waals surface area contributed by atoms with Gasteiger partial charge in [0.2, 0.25) is 0 Å². The first kappa shape index (κ1) is 26.1. The Morgan fingerprint density at radius 2 is 1.41 bits per heavy atom. The Balaban J connectivity index is 1.46. The minimum atomic E-state index is -0.726. The van der Waals surface area contributed by atoms with Crippen LogP contribution in [0, 0.1) is 0 Å². The Hall–Kier alpha value is -4.57. The number of nitrogens with one attached hydrogen (secondary N) is 1. The monoisotopic (exact) mass is 512 g/mol. The zero-order valence-corrected chi connectivity index (χ0v) is 22.6. The number of allylic oxidation sites excluding steroid dienone is 1.